The molecule has 0 spiro atoms. The van der Waals surface area contributed by atoms with E-state index in [1.165, 1.54) is 0 Å². The fraction of sp³-hybridized carbons (Fsp3) is 0.250. The van der Waals surface area contributed by atoms with Crippen LogP contribution in [0.25, 0.3) is 6.08 Å². The molecule has 1 aliphatic heterocycles. The summed E-state index contributed by atoms with van der Waals surface area (Å²) in [6, 6.07) is 13.3. The Balaban J connectivity index is 2.00. The molecule has 5 nitrogen and oxygen atoms in total. The van der Waals surface area contributed by atoms with Gasteiger partial charge in [0.05, 0.1) is 5.69 Å². The number of aryl methyl sites for hydroxylation is 1. The highest BCUT2D eigenvalue weighted by atomic mass is 16.5. The molecule has 1 aliphatic rings. The molecule has 0 radical (unpaired) electrons. The van der Waals surface area contributed by atoms with Gasteiger partial charge in [-0.25, -0.2) is 0 Å². The van der Waals surface area contributed by atoms with Crippen molar-refractivity contribution in [2.45, 2.75) is 6.92 Å². The number of rotatable bonds is 4. The molecule has 2 N–H and O–H groups in total. The largest absolute Gasteiger partial charge is 0.449 e. The number of hydrogen-bond donors (Lipinski definition) is 1. The van der Waals surface area contributed by atoms with Crippen molar-refractivity contribution in [1.29, 1.82) is 0 Å². The molecule has 130 valence electrons. The maximum absolute atomic E-state index is 13.0. The Labute approximate surface area is 148 Å². The van der Waals surface area contributed by atoms with Gasteiger partial charge in [0.15, 0.2) is 11.5 Å². The number of nitrogens with two attached hydrogens (primary N) is 1. The first-order chi connectivity index (χ1) is 11.9. The molecule has 1 heterocycles. The van der Waals surface area contributed by atoms with Gasteiger partial charge >= 0.3 is 0 Å². The summed E-state index contributed by atoms with van der Waals surface area (Å²) in [6.45, 7) is 3.36. The number of amides is 1. The molecule has 0 aromatic heterocycles. The van der Waals surface area contributed by atoms with E-state index < -0.39 is 0 Å². The summed E-state index contributed by atoms with van der Waals surface area (Å²) in [5.41, 5.74) is 9.31. The lowest BCUT2D eigenvalue weighted by Gasteiger charge is -2.31. The van der Waals surface area contributed by atoms with Crippen LogP contribution in [-0.2, 0) is 4.79 Å². The average Bonchev–Trinajstić information content (AvgIpc) is 2.55. The number of ether oxygens (including phenoxy) is 1. The normalized spacial score (nSPS) is 15.4. The molecule has 0 atom stereocenters. The summed E-state index contributed by atoms with van der Waals surface area (Å²) in [5.74, 6) is 0.778. The zero-order valence-corrected chi connectivity index (χ0v) is 14.8. The summed E-state index contributed by atoms with van der Waals surface area (Å²) in [6.07, 6.45) is 1.78. The van der Waals surface area contributed by atoms with Crippen LogP contribution >= 0.6 is 0 Å². The van der Waals surface area contributed by atoms with Crippen LogP contribution in [0.5, 0.6) is 5.75 Å². The van der Waals surface area contributed by atoms with Crippen LogP contribution in [0.4, 0.5) is 11.4 Å². The summed E-state index contributed by atoms with van der Waals surface area (Å²) in [5, 5.41) is 0. The molecule has 1 amide bonds. The van der Waals surface area contributed by atoms with Gasteiger partial charge in [-0.1, -0.05) is 29.8 Å². The predicted molar refractivity (Wildman–Crippen MR) is 102 cm³/mol. The third kappa shape index (κ3) is 3.83. The van der Waals surface area contributed by atoms with Gasteiger partial charge in [0, 0.05) is 24.8 Å². The number of fused-ring (bicyclic) bond motifs is 1. The number of nitrogens with zero attached hydrogens (tertiary/aromatic N) is 2. The molecular formula is C20H23N3O2. The third-order valence-electron chi connectivity index (χ3n) is 4.06. The SMILES string of the molecule is Cc1cccc(/C=C2/Oc3cc(N)ccc3N(CCN(C)C)C2=O)c1. The second kappa shape index (κ2) is 6.99. The fourth-order valence-electron chi connectivity index (χ4n) is 2.76. The fourth-order valence-corrected chi connectivity index (χ4v) is 2.76. The van der Waals surface area contributed by atoms with E-state index in [1.807, 2.05) is 56.3 Å². The first kappa shape index (κ1) is 17.0. The Bertz CT molecular complexity index is 827. The molecule has 2 aromatic carbocycles. The zero-order chi connectivity index (χ0) is 18.0. The summed E-state index contributed by atoms with van der Waals surface area (Å²) >= 11 is 0. The van der Waals surface area contributed by atoms with Gasteiger partial charge in [-0.15, -0.1) is 0 Å². The molecule has 0 aliphatic carbocycles. The Kier molecular flexibility index (Phi) is 4.76. The topological polar surface area (TPSA) is 58.8 Å². The van der Waals surface area contributed by atoms with E-state index in [1.54, 1.807) is 23.1 Å². The Morgan fingerprint density at radius 3 is 2.72 bits per heavy atom. The van der Waals surface area contributed by atoms with E-state index in [-0.39, 0.29) is 5.91 Å². The second-order valence-corrected chi connectivity index (χ2v) is 6.51. The minimum atomic E-state index is -0.138. The highest BCUT2D eigenvalue weighted by molar-refractivity contribution is 6.10. The molecule has 5 heteroatoms. The van der Waals surface area contributed by atoms with Crippen molar-refractivity contribution in [2.24, 2.45) is 0 Å². The summed E-state index contributed by atoms with van der Waals surface area (Å²) in [4.78, 5) is 16.8. The minimum absolute atomic E-state index is 0.138. The van der Waals surface area contributed by atoms with E-state index in [0.717, 1.165) is 23.4 Å². The number of benzene rings is 2. The number of nitrogen functional groups attached to an aromatic ring is 1. The molecule has 2 aromatic rings. The van der Waals surface area contributed by atoms with Crippen molar-refractivity contribution in [3.8, 4) is 5.75 Å². The number of carbonyl (C=O) groups excluding carboxylic acids is 1. The van der Waals surface area contributed by atoms with Crippen LogP contribution in [0.1, 0.15) is 11.1 Å². The Morgan fingerprint density at radius 2 is 2.00 bits per heavy atom. The lowest BCUT2D eigenvalue weighted by Crippen LogP contribution is -2.41. The molecule has 0 saturated carbocycles. The third-order valence-corrected chi connectivity index (χ3v) is 4.06. The number of carbonyl (C=O) groups is 1. The maximum Gasteiger partial charge on any atom is 0.294 e. The van der Waals surface area contributed by atoms with Gasteiger partial charge in [0.2, 0.25) is 0 Å². The number of anilines is 2. The van der Waals surface area contributed by atoms with Crippen molar-refractivity contribution in [1.82, 2.24) is 4.90 Å². The first-order valence-corrected chi connectivity index (χ1v) is 8.26. The smallest absolute Gasteiger partial charge is 0.294 e. The van der Waals surface area contributed by atoms with E-state index in [0.29, 0.717) is 23.7 Å². The molecule has 0 unspecified atom stereocenters. The first-order valence-electron chi connectivity index (χ1n) is 8.26. The van der Waals surface area contributed by atoms with E-state index in [2.05, 4.69) is 0 Å². The highest BCUT2D eigenvalue weighted by Crippen LogP contribution is 2.37. The van der Waals surface area contributed by atoms with E-state index >= 15 is 0 Å². The molecule has 25 heavy (non-hydrogen) atoms. The standard InChI is InChI=1S/C20H23N3O2/c1-14-5-4-6-15(11-14)12-19-20(24)23(10-9-22(2)3)17-8-7-16(21)13-18(17)25-19/h4-8,11-13H,9-10,21H2,1-3H3/b19-12+. The number of likely N-dealkylation sites (N-methyl/N-ethyl adjacent to an activating group) is 1. The Hall–Kier alpha value is -2.79. The van der Waals surface area contributed by atoms with Gasteiger partial charge in [-0.3, -0.25) is 4.79 Å². The average molecular weight is 337 g/mol. The second-order valence-electron chi connectivity index (χ2n) is 6.51. The van der Waals surface area contributed by atoms with Crippen LogP contribution in [0, 0.1) is 6.92 Å². The highest BCUT2D eigenvalue weighted by Gasteiger charge is 2.30. The van der Waals surface area contributed by atoms with E-state index in [9.17, 15) is 4.79 Å². The molecule has 3 rings (SSSR count). The number of hydrogen-bond acceptors (Lipinski definition) is 4. The van der Waals surface area contributed by atoms with Gasteiger partial charge < -0.3 is 20.3 Å². The van der Waals surface area contributed by atoms with Crippen molar-refractivity contribution in [2.75, 3.05) is 37.8 Å². The van der Waals surface area contributed by atoms with Gasteiger partial charge in [0.25, 0.3) is 5.91 Å². The van der Waals surface area contributed by atoms with Gasteiger partial charge in [-0.05, 0) is 44.8 Å². The van der Waals surface area contributed by atoms with Crippen molar-refractivity contribution in [3.63, 3.8) is 0 Å². The van der Waals surface area contributed by atoms with Crippen molar-refractivity contribution in [3.05, 3.63) is 59.4 Å². The van der Waals surface area contributed by atoms with Crippen LogP contribution in [0.15, 0.2) is 48.2 Å². The summed E-state index contributed by atoms with van der Waals surface area (Å²) < 4.78 is 5.88. The van der Waals surface area contributed by atoms with Crippen LogP contribution in [0.2, 0.25) is 0 Å². The summed E-state index contributed by atoms with van der Waals surface area (Å²) in [7, 11) is 3.97. The van der Waals surface area contributed by atoms with Gasteiger partial charge in [-0.2, -0.15) is 0 Å². The van der Waals surface area contributed by atoms with Crippen molar-refractivity contribution >= 4 is 23.4 Å². The zero-order valence-electron chi connectivity index (χ0n) is 14.8. The van der Waals surface area contributed by atoms with Crippen LogP contribution in [0.3, 0.4) is 0 Å². The van der Waals surface area contributed by atoms with Gasteiger partial charge in [0.1, 0.15) is 0 Å². The monoisotopic (exact) mass is 337 g/mol. The maximum atomic E-state index is 13.0. The predicted octanol–water partition coefficient (Wildman–Crippen LogP) is 2.91. The minimum Gasteiger partial charge on any atom is -0.449 e. The Morgan fingerprint density at radius 1 is 1.20 bits per heavy atom. The molecule has 0 bridgehead atoms. The molecule has 0 saturated heterocycles. The molecular weight excluding hydrogens is 314 g/mol. The lowest BCUT2D eigenvalue weighted by atomic mass is 10.1. The van der Waals surface area contributed by atoms with E-state index in [4.69, 9.17) is 10.5 Å². The van der Waals surface area contributed by atoms with Crippen LogP contribution in [-0.4, -0.2) is 38.0 Å². The quantitative estimate of drug-likeness (QED) is 0.688. The van der Waals surface area contributed by atoms with Crippen molar-refractivity contribution < 1.29 is 9.53 Å². The van der Waals surface area contributed by atoms with Crippen LogP contribution < -0.4 is 15.4 Å². The molecule has 0 fully saturated rings. The lowest BCUT2D eigenvalue weighted by molar-refractivity contribution is -0.117.